The number of hydrogen-bond donors (Lipinski definition) is 1. The van der Waals surface area contributed by atoms with Crippen LogP contribution in [0.3, 0.4) is 0 Å². The summed E-state index contributed by atoms with van der Waals surface area (Å²) in [5, 5.41) is 2.75. The predicted molar refractivity (Wildman–Crippen MR) is 147 cm³/mol. The molecule has 4 nitrogen and oxygen atoms in total. The Morgan fingerprint density at radius 2 is 1.57 bits per heavy atom. The van der Waals surface area contributed by atoms with Gasteiger partial charge in [-0.2, -0.15) is 0 Å². The number of carbonyl (C=O) groups is 2. The Labute approximate surface area is 224 Å². The van der Waals surface area contributed by atoms with Gasteiger partial charge in [0.2, 0.25) is 0 Å². The van der Waals surface area contributed by atoms with Gasteiger partial charge >= 0.3 is 6.09 Å². The van der Waals surface area contributed by atoms with E-state index in [0.717, 1.165) is 40.0 Å². The fourth-order valence-corrected chi connectivity index (χ4v) is 5.79. The Bertz CT molecular complexity index is 1460. The molecule has 1 aliphatic rings. The number of halogens is 2. The van der Waals surface area contributed by atoms with E-state index in [1.54, 1.807) is 38.1 Å². The highest BCUT2D eigenvalue weighted by atomic mass is 35.5. The van der Waals surface area contributed by atoms with Crippen LogP contribution in [0.15, 0.2) is 78.9 Å². The number of Topliss-reactive ketones (excluding diaryl/α,β-unsaturated/α-hetero) is 1. The van der Waals surface area contributed by atoms with Crippen molar-refractivity contribution in [3.8, 4) is 21.6 Å². The Morgan fingerprint density at radius 3 is 2.16 bits per heavy atom. The number of hydrogen-bond acceptors (Lipinski definition) is 4. The molecular weight excluding hydrogens is 509 g/mol. The lowest BCUT2D eigenvalue weighted by Gasteiger charge is -2.15. The fourth-order valence-electron chi connectivity index (χ4n) is 4.60. The van der Waals surface area contributed by atoms with E-state index in [2.05, 4.69) is 17.4 Å². The lowest BCUT2D eigenvalue weighted by atomic mass is 9.90. The number of amides is 1. The maximum atomic E-state index is 14.0. The summed E-state index contributed by atoms with van der Waals surface area (Å²) in [6, 6.07) is 24.0. The monoisotopic (exact) mass is 533 g/mol. The van der Waals surface area contributed by atoms with Crippen LogP contribution in [0, 0.1) is 5.82 Å². The van der Waals surface area contributed by atoms with E-state index in [-0.39, 0.29) is 11.2 Å². The molecule has 1 heterocycles. The molecule has 0 spiro atoms. The van der Waals surface area contributed by atoms with E-state index >= 15 is 0 Å². The highest BCUT2D eigenvalue weighted by Gasteiger charge is 2.48. The van der Waals surface area contributed by atoms with Crippen LogP contribution in [0.4, 0.5) is 14.9 Å². The van der Waals surface area contributed by atoms with Crippen molar-refractivity contribution in [3.63, 3.8) is 0 Å². The average molecular weight is 534 g/mol. The molecule has 1 aromatic heterocycles. The second kappa shape index (κ2) is 10.1. The molecule has 37 heavy (non-hydrogen) atoms. The molecule has 1 saturated carbocycles. The summed E-state index contributed by atoms with van der Waals surface area (Å²) >= 11 is 7.63. The number of rotatable bonds is 7. The average Bonchev–Trinajstić information content (AvgIpc) is 3.62. The van der Waals surface area contributed by atoms with Gasteiger partial charge in [0, 0.05) is 5.56 Å². The number of benzene rings is 3. The molecule has 1 fully saturated rings. The van der Waals surface area contributed by atoms with Crippen molar-refractivity contribution in [1.29, 1.82) is 0 Å². The number of thiophene rings is 1. The van der Waals surface area contributed by atoms with Crippen molar-refractivity contribution in [2.75, 3.05) is 5.32 Å². The van der Waals surface area contributed by atoms with Gasteiger partial charge in [-0.3, -0.25) is 10.1 Å². The summed E-state index contributed by atoms with van der Waals surface area (Å²) in [5.74, 6) is -0.197. The molecule has 1 aliphatic carbocycles. The quantitative estimate of drug-likeness (QED) is 0.258. The normalized spacial score (nSPS) is 14.6. The number of carbonyl (C=O) groups excluding carboxylic acids is 2. The maximum Gasteiger partial charge on any atom is 0.412 e. The molecule has 5 rings (SSSR count). The minimum atomic E-state index is -0.755. The van der Waals surface area contributed by atoms with Crippen LogP contribution < -0.4 is 5.32 Å². The third-order valence-electron chi connectivity index (χ3n) is 6.91. The minimum Gasteiger partial charge on any atom is -0.441 e. The van der Waals surface area contributed by atoms with Gasteiger partial charge in [0.1, 0.15) is 17.7 Å². The van der Waals surface area contributed by atoms with Crippen LogP contribution in [0.5, 0.6) is 0 Å². The Balaban J connectivity index is 1.30. The first-order valence-corrected chi connectivity index (χ1v) is 13.2. The molecule has 0 saturated heterocycles. The van der Waals surface area contributed by atoms with Crippen molar-refractivity contribution in [2.24, 2.45) is 0 Å². The third-order valence-corrected chi connectivity index (χ3v) is 8.22. The number of ketones is 1. The van der Waals surface area contributed by atoms with Crippen molar-refractivity contribution in [3.05, 3.63) is 100 Å². The van der Waals surface area contributed by atoms with Crippen molar-refractivity contribution in [2.45, 2.75) is 38.2 Å². The second-order valence-electron chi connectivity index (χ2n) is 9.28. The van der Waals surface area contributed by atoms with Crippen molar-refractivity contribution < 1.29 is 18.7 Å². The standard InChI is InChI=1S/C30H25ClFNO3S/c1-18(24-5-3-4-6-25(24)32)36-29(35)33-26-17-27(31)37-28(26)22-9-7-20(8-10-22)21-11-13-23(14-12-21)30(15-16-30)19(2)34/h3-14,17-18H,15-16H2,1-2H3,(H,33,35)/t18-/m1/s1. The largest absolute Gasteiger partial charge is 0.441 e. The van der Waals surface area contributed by atoms with Crippen LogP contribution in [0.25, 0.3) is 21.6 Å². The molecule has 3 aromatic carbocycles. The second-order valence-corrected chi connectivity index (χ2v) is 11.0. The molecule has 0 radical (unpaired) electrons. The molecule has 0 bridgehead atoms. The fraction of sp³-hybridized carbons (Fsp3) is 0.200. The Morgan fingerprint density at radius 1 is 0.973 bits per heavy atom. The minimum absolute atomic E-state index is 0.231. The third kappa shape index (κ3) is 5.17. The molecule has 188 valence electrons. The van der Waals surface area contributed by atoms with Crippen molar-refractivity contribution in [1.82, 2.24) is 0 Å². The Hall–Kier alpha value is -3.48. The summed E-state index contributed by atoms with van der Waals surface area (Å²) in [4.78, 5) is 25.4. The number of ether oxygens (including phenoxy) is 1. The first-order chi connectivity index (χ1) is 17.8. The summed E-state index contributed by atoms with van der Waals surface area (Å²) in [5.41, 5.74) is 4.62. The van der Waals surface area contributed by atoms with Gasteiger partial charge in [0.05, 0.1) is 20.3 Å². The topological polar surface area (TPSA) is 55.4 Å². The first-order valence-electron chi connectivity index (χ1n) is 12.0. The Kier molecular flexibility index (Phi) is 6.88. The van der Waals surface area contributed by atoms with Crippen LogP contribution in [0.2, 0.25) is 4.34 Å². The lowest BCUT2D eigenvalue weighted by molar-refractivity contribution is -0.119. The smallest absolute Gasteiger partial charge is 0.412 e. The van der Waals surface area contributed by atoms with E-state index in [9.17, 15) is 14.0 Å². The summed E-state index contributed by atoms with van der Waals surface area (Å²) in [6.45, 7) is 3.29. The van der Waals surface area contributed by atoms with Crippen LogP contribution in [0.1, 0.15) is 43.9 Å². The highest BCUT2D eigenvalue weighted by Crippen LogP contribution is 2.49. The zero-order chi connectivity index (χ0) is 26.2. The van der Waals surface area contributed by atoms with Gasteiger partial charge in [-0.1, -0.05) is 78.3 Å². The molecule has 1 N–H and O–H groups in total. The summed E-state index contributed by atoms with van der Waals surface area (Å²) < 4.78 is 19.9. The van der Waals surface area contributed by atoms with Gasteiger partial charge in [-0.25, -0.2) is 9.18 Å². The van der Waals surface area contributed by atoms with E-state index in [4.69, 9.17) is 16.3 Å². The zero-order valence-electron chi connectivity index (χ0n) is 20.4. The SMILES string of the molecule is CC(=O)C1(c2ccc(-c3ccc(-c4sc(Cl)cc4NC(=O)O[C@H](C)c4ccccc4F)cc3)cc2)CC1. The number of nitrogens with one attached hydrogen (secondary N) is 1. The number of anilines is 1. The van der Waals surface area contributed by atoms with Gasteiger partial charge in [-0.15, -0.1) is 11.3 Å². The van der Waals surface area contributed by atoms with Gasteiger partial charge in [0.25, 0.3) is 0 Å². The van der Waals surface area contributed by atoms with Crippen LogP contribution in [-0.4, -0.2) is 11.9 Å². The molecular formula is C30H25ClFNO3S. The highest BCUT2D eigenvalue weighted by molar-refractivity contribution is 7.20. The van der Waals surface area contributed by atoms with E-state index in [1.165, 1.54) is 17.4 Å². The first kappa shape index (κ1) is 25.2. The molecule has 1 atom stereocenters. The van der Waals surface area contributed by atoms with Crippen LogP contribution in [-0.2, 0) is 14.9 Å². The molecule has 0 aliphatic heterocycles. The van der Waals surface area contributed by atoms with Crippen molar-refractivity contribution >= 4 is 40.5 Å². The zero-order valence-corrected chi connectivity index (χ0v) is 22.0. The van der Waals surface area contributed by atoms with Gasteiger partial charge < -0.3 is 4.74 Å². The van der Waals surface area contributed by atoms with E-state index in [1.807, 2.05) is 36.4 Å². The van der Waals surface area contributed by atoms with E-state index < -0.39 is 18.0 Å². The van der Waals surface area contributed by atoms with Gasteiger partial charge in [0.15, 0.2) is 0 Å². The predicted octanol–water partition coefficient (Wildman–Crippen LogP) is 8.80. The van der Waals surface area contributed by atoms with E-state index in [0.29, 0.717) is 15.6 Å². The lowest BCUT2D eigenvalue weighted by Crippen LogP contribution is -2.16. The molecule has 7 heteroatoms. The molecule has 0 unspecified atom stereocenters. The molecule has 4 aromatic rings. The maximum absolute atomic E-state index is 14.0. The summed E-state index contributed by atoms with van der Waals surface area (Å²) in [7, 11) is 0. The van der Waals surface area contributed by atoms with Gasteiger partial charge in [-0.05, 0) is 61.1 Å². The summed E-state index contributed by atoms with van der Waals surface area (Å²) in [6.07, 6.45) is 0.397. The molecule has 1 amide bonds. The van der Waals surface area contributed by atoms with Crippen LogP contribution >= 0.6 is 22.9 Å².